The van der Waals surface area contributed by atoms with Gasteiger partial charge in [0.1, 0.15) is 5.75 Å². The molecule has 2 aromatic rings. The van der Waals surface area contributed by atoms with Gasteiger partial charge in [0.15, 0.2) is 0 Å². The van der Waals surface area contributed by atoms with E-state index in [1.54, 1.807) is 6.07 Å². The molecule has 0 saturated carbocycles. The number of halogens is 3. The fourth-order valence-corrected chi connectivity index (χ4v) is 1.40. The quantitative estimate of drug-likeness (QED) is 0.897. The fourth-order valence-electron chi connectivity index (χ4n) is 1.40. The van der Waals surface area contributed by atoms with E-state index < -0.39 is 12.1 Å². The number of nitrogens with one attached hydrogen (secondary N) is 1. The zero-order valence-electron chi connectivity index (χ0n) is 8.86. The Balaban J connectivity index is 2.36. The molecule has 0 aliphatic carbocycles. The van der Waals surface area contributed by atoms with Crippen LogP contribution in [0.2, 0.25) is 0 Å². The van der Waals surface area contributed by atoms with Crippen LogP contribution in [-0.2, 0) is 0 Å². The van der Waals surface area contributed by atoms with Crippen molar-refractivity contribution in [1.29, 1.82) is 0 Å². The number of hydrogen-bond acceptors (Lipinski definition) is 3. The minimum atomic E-state index is -4.75. The lowest BCUT2D eigenvalue weighted by molar-refractivity contribution is -0.274. The number of nitrogens with zero attached hydrogens (tertiary/aromatic N) is 1. The van der Waals surface area contributed by atoms with Crippen molar-refractivity contribution in [2.45, 2.75) is 6.36 Å². The number of hydrogen-bond donors (Lipinski definition) is 1. The third-order valence-corrected chi connectivity index (χ3v) is 2.05. The van der Waals surface area contributed by atoms with E-state index >= 15 is 0 Å². The zero-order valence-corrected chi connectivity index (χ0v) is 8.86. The SMILES string of the molecule is O=c1nccc(-c2cccc(OC(F)(F)F)c2)[nH]1. The monoisotopic (exact) mass is 256 g/mol. The molecule has 94 valence electrons. The zero-order chi connectivity index (χ0) is 13.2. The van der Waals surface area contributed by atoms with Gasteiger partial charge in [0.2, 0.25) is 0 Å². The first-order chi connectivity index (χ1) is 8.44. The van der Waals surface area contributed by atoms with Crippen molar-refractivity contribution in [3.8, 4) is 17.0 Å². The molecule has 0 amide bonds. The van der Waals surface area contributed by atoms with E-state index in [2.05, 4.69) is 14.7 Å². The highest BCUT2D eigenvalue weighted by Gasteiger charge is 2.31. The van der Waals surface area contributed by atoms with E-state index in [1.165, 1.54) is 30.5 Å². The Labute approximate surface area is 99.1 Å². The Bertz CT molecular complexity index is 607. The van der Waals surface area contributed by atoms with Crippen molar-refractivity contribution in [3.63, 3.8) is 0 Å². The van der Waals surface area contributed by atoms with Crippen LogP contribution in [0, 0.1) is 0 Å². The number of alkyl halides is 3. The van der Waals surface area contributed by atoms with Crippen LogP contribution in [0.25, 0.3) is 11.3 Å². The van der Waals surface area contributed by atoms with E-state index in [0.717, 1.165) is 0 Å². The van der Waals surface area contributed by atoms with Gasteiger partial charge in [0, 0.05) is 11.8 Å². The number of H-pyrrole nitrogens is 1. The lowest BCUT2D eigenvalue weighted by Gasteiger charge is -2.09. The molecule has 2 rings (SSSR count). The molecule has 0 saturated heterocycles. The Morgan fingerprint density at radius 3 is 2.67 bits per heavy atom. The van der Waals surface area contributed by atoms with Crippen molar-refractivity contribution in [1.82, 2.24) is 9.97 Å². The number of ether oxygens (including phenoxy) is 1. The van der Waals surface area contributed by atoms with E-state index in [0.29, 0.717) is 11.3 Å². The maximum atomic E-state index is 12.0. The van der Waals surface area contributed by atoms with Gasteiger partial charge in [0.05, 0.1) is 5.69 Å². The first-order valence-electron chi connectivity index (χ1n) is 4.85. The van der Waals surface area contributed by atoms with Crippen LogP contribution in [0.4, 0.5) is 13.2 Å². The summed E-state index contributed by atoms with van der Waals surface area (Å²) in [5, 5.41) is 0. The minimum absolute atomic E-state index is 0.349. The van der Waals surface area contributed by atoms with Crippen LogP contribution in [0.15, 0.2) is 41.3 Å². The summed E-state index contributed by atoms with van der Waals surface area (Å²) >= 11 is 0. The third-order valence-electron chi connectivity index (χ3n) is 2.05. The molecule has 1 N–H and O–H groups in total. The van der Waals surface area contributed by atoms with Crippen molar-refractivity contribution in [3.05, 3.63) is 47.0 Å². The molecule has 0 spiro atoms. The van der Waals surface area contributed by atoms with Gasteiger partial charge in [-0.3, -0.25) is 0 Å². The van der Waals surface area contributed by atoms with Crippen LogP contribution in [0.3, 0.4) is 0 Å². The standard InChI is InChI=1S/C11H7F3N2O2/c12-11(13,14)18-8-3-1-2-7(6-8)9-4-5-15-10(17)16-9/h1-6H,(H,15,16,17). The number of benzene rings is 1. The molecule has 18 heavy (non-hydrogen) atoms. The van der Waals surface area contributed by atoms with E-state index in [1.807, 2.05) is 0 Å². The molecule has 0 aliphatic heterocycles. The number of aromatic nitrogens is 2. The van der Waals surface area contributed by atoms with Crippen molar-refractivity contribution >= 4 is 0 Å². The van der Waals surface area contributed by atoms with Gasteiger partial charge in [-0.2, -0.15) is 0 Å². The topological polar surface area (TPSA) is 55.0 Å². The van der Waals surface area contributed by atoms with Gasteiger partial charge in [-0.25, -0.2) is 9.78 Å². The highest BCUT2D eigenvalue weighted by atomic mass is 19.4. The van der Waals surface area contributed by atoms with Crippen molar-refractivity contribution < 1.29 is 17.9 Å². The predicted molar refractivity (Wildman–Crippen MR) is 57.0 cm³/mol. The predicted octanol–water partition coefficient (Wildman–Crippen LogP) is 2.34. The van der Waals surface area contributed by atoms with Gasteiger partial charge in [0.25, 0.3) is 0 Å². The summed E-state index contributed by atoms with van der Waals surface area (Å²) in [5.74, 6) is -0.349. The summed E-state index contributed by atoms with van der Waals surface area (Å²) in [6.45, 7) is 0. The van der Waals surface area contributed by atoms with Crippen LogP contribution in [0.5, 0.6) is 5.75 Å². The summed E-state index contributed by atoms with van der Waals surface area (Å²) in [6.07, 6.45) is -3.48. The van der Waals surface area contributed by atoms with Crippen molar-refractivity contribution in [2.75, 3.05) is 0 Å². The molecular weight excluding hydrogens is 249 g/mol. The average Bonchev–Trinajstić information content (AvgIpc) is 2.27. The normalized spacial score (nSPS) is 11.3. The third kappa shape index (κ3) is 3.09. The lowest BCUT2D eigenvalue weighted by atomic mass is 10.1. The molecule has 0 atom stereocenters. The van der Waals surface area contributed by atoms with Crippen LogP contribution in [-0.4, -0.2) is 16.3 Å². The first-order valence-corrected chi connectivity index (χ1v) is 4.85. The van der Waals surface area contributed by atoms with Crippen LogP contribution >= 0.6 is 0 Å². The smallest absolute Gasteiger partial charge is 0.406 e. The maximum Gasteiger partial charge on any atom is 0.573 e. The van der Waals surface area contributed by atoms with E-state index in [4.69, 9.17) is 0 Å². The molecule has 0 radical (unpaired) electrons. The molecule has 0 bridgehead atoms. The maximum absolute atomic E-state index is 12.0. The molecule has 0 aliphatic rings. The lowest BCUT2D eigenvalue weighted by Crippen LogP contribution is -2.17. The van der Waals surface area contributed by atoms with Crippen molar-refractivity contribution in [2.24, 2.45) is 0 Å². The van der Waals surface area contributed by atoms with Gasteiger partial charge < -0.3 is 9.72 Å². The highest BCUT2D eigenvalue weighted by Crippen LogP contribution is 2.26. The summed E-state index contributed by atoms with van der Waals surface area (Å²) in [4.78, 5) is 16.8. The Hall–Kier alpha value is -2.31. The highest BCUT2D eigenvalue weighted by molar-refractivity contribution is 5.60. The van der Waals surface area contributed by atoms with Crippen LogP contribution < -0.4 is 10.4 Å². The molecule has 0 fully saturated rings. The average molecular weight is 256 g/mol. The summed E-state index contributed by atoms with van der Waals surface area (Å²) in [7, 11) is 0. The van der Waals surface area contributed by atoms with Gasteiger partial charge >= 0.3 is 12.1 Å². The Kier molecular flexibility index (Phi) is 3.05. The molecule has 1 aromatic carbocycles. The second-order valence-corrected chi connectivity index (χ2v) is 3.36. The molecule has 4 nitrogen and oxygen atoms in total. The number of aromatic amines is 1. The number of rotatable bonds is 2. The minimum Gasteiger partial charge on any atom is -0.406 e. The molecule has 1 heterocycles. The first kappa shape index (κ1) is 12.2. The molecular formula is C11H7F3N2O2. The van der Waals surface area contributed by atoms with Gasteiger partial charge in [-0.15, -0.1) is 13.2 Å². The summed E-state index contributed by atoms with van der Waals surface area (Å²) in [5.41, 5.74) is 0.188. The Morgan fingerprint density at radius 1 is 1.22 bits per heavy atom. The van der Waals surface area contributed by atoms with Gasteiger partial charge in [-0.1, -0.05) is 12.1 Å². The molecule has 7 heteroatoms. The largest absolute Gasteiger partial charge is 0.573 e. The van der Waals surface area contributed by atoms with E-state index in [9.17, 15) is 18.0 Å². The summed E-state index contributed by atoms with van der Waals surface area (Å²) < 4.78 is 39.9. The fraction of sp³-hybridized carbons (Fsp3) is 0.0909. The summed E-state index contributed by atoms with van der Waals surface area (Å²) in [6, 6.07) is 6.78. The second-order valence-electron chi connectivity index (χ2n) is 3.36. The second kappa shape index (κ2) is 4.52. The van der Waals surface area contributed by atoms with Crippen LogP contribution in [0.1, 0.15) is 0 Å². The molecule has 0 unspecified atom stereocenters. The molecule has 1 aromatic heterocycles. The van der Waals surface area contributed by atoms with E-state index in [-0.39, 0.29) is 5.75 Å². The van der Waals surface area contributed by atoms with Gasteiger partial charge in [-0.05, 0) is 18.2 Å². The Morgan fingerprint density at radius 2 is 2.00 bits per heavy atom.